The molecule has 6 heteroatoms. The topological polar surface area (TPSA) is 95.4 Å². The van der Waals surface area contributed by atoms with E-state index < -0.39 is 10.0 Å². The van der Waals surface area contributed by atoms with E-state index in [1.807, 2.05) is 26.0 Å². The molecule has 0 amide bonds. The Morgan fingerprint density at radius 3 is 2.30 bits per heavy atom. The van der Waals surface area contributed by atoms with E-state index >= 15 is 0 Å². The smallest absolute Gasteiger partial charge is 0.241 e. The second-order valence-electron chi connectivity index (χ2n) is 4.60. The second kappa shape index (κ2) is 5.15. The zero-order chi connectivity index (χ0) is 14.9. The number of benzene rings is 2. The number of primary sulfonamides is 1. The van der Waals surface area contributed by atoms with E-state index in [4.69, 9.17) is 15.6 Å². The van der Waals surface area contributed by atoms with Crippen LogP contribution in [0.15, 0.2) is 41.3 Å². The molecule has 0 aliphatic carbocycles. The molecule has 106 valence electrons. The van der Waals surface area contributed by atoms with Gasteiger partial charge in [-0.15, -0.1) is 0 Å². The highest BCUT2D eigenvalue weighted by atomic mass is 32.2. The van der Waals surface area contributed by atoms with Crippen LogP contribution in [0, 0.1) is 13.8 Å². The highest BCUT2D eigenvalue weighted by Gasteiger charge is 2.16. The summed E-state index contributed by atoms with van der Waals surface area (Å²) >= 11 is 0. The van der Waals surface area contributed by atoms with Crippen molar-refractivity contribution in [1.82, 2.24) is 0 Å². The van der Waals surface area contributed by atoms with Crippen LogP contribution >= 0.6 is 0 Å². The summed E-state index contributed by atoms with van der Waals surface area (Å²) in [6.45, 7) is 3.93. The Balaban J connectivity index is 2.46. The van der Waals surface area contributed by atoms with E-state index in [0.717, 1.165) is 11.1 Å². The van der Waals surface area contributed by atoms with Gasteiger partial charge in [0.25, 0.3) is 0 Å². The highest BCUT2D eigenvalue weighted by molar-refractivity contribution is 7.89. The van der Waals surface area contributed by atoms with Gasteiger partial charge in [0.15, 0.2) is 0 Å². The van der Waals surface area contributed by atoms with Crippen LogP contribution < -0.4 is 15.6 Å². The van der Waals surface area contributed by atoms with Crippen LogP contribution in [-0.2, 0) is 10.0 Å². The van der Waals surface area contributed by atoms with Crippen molar-refractivity contribution in [1.29, 1.82) is 0 Å². The summed E-state index contributed by atoms with van der Waals surface area (Å²) in [7, 11) is -3.90. The van der Waals surface area contributed by atoms with Gasteiger partial charge in [-0.25, -0.2) is 13.6 Å². The van der Waals surface area contributed by atoms with Gasteiger partial charge in [-0.3, -0.25) is 0 Å². The van der Waals surface area contributed by atoms with Gasteiger partial charge in [-0.1, -0.05) is 6.07 Å². The number of nitrogen functional groups attached to an aromatic ring is 1. The summed E-state index contributed by atoms with van der Waals surface area (Å²) in [5, 5.41) is 5.17. The first-order valence-electron chi connectivity index (χ1n) is 5.95. The molecule has 0 bridgehead atoms. The van der Waals surface area contributed by atoms with Crippen molar-refractivity contribution in [3.63, 3.8) is 0 Å². The van der Waals surface area contributed by atoms with Gasteiger partial charge in [0.1, 0.15) is 16.4 Å². The zero-order valence-electron chi connectivity index (χ0n) is 11.3. The molecule has 4 N–H and O–H groups in total. The normalized spacial score (nSPS) is 11.3. The van der Waals surface area contributed by atoms with Crippen LogP contribution in [0.4, 0.5) is 5.69 Å². The first-order chi connectivity index (χ1) is 9.27. The monoisotopic (exact) mass is 292 g/mol. The summed E-state index contributed by atoms with van der Waals surface area (Å²) in [6, 6.07) is 9.84. The van der Waals surface area contributed by atoms with Crippen LogP contribution in [0.2, 0.25) is 0 Å². The molecular weight excluding hydrogens is 276 g/mol. The lowest BCUT2D eigenvalue weighted by molar-refractivity contribution is 0.467. The maximum absolute atomic E-state index is 11.6. The van der Waals surface area contributed by atoms with E-state index in [2.05, 4.69) is 0 Å². The number of ether oxygens (including phenoxy) is 1. The van der Waals surface area contributed by atoms with Crippen molar-refractivity contribution in [2.24, 2.45) is 5.14 Å². The lowest BCUT2D eigenvalue weighted by Crippen LogP contribution is -2.13. The Kier molecular flexibility index (Phi) is 3.69. The van der Waals surface area contributed by atoms with Gasteiger partial charge in [0.05, 0.1) is 0 Å². The summed E-state index contributed by atoms with van der Waals surface area (Å²) < 4.78 is 28.7. The molecule has 20 heavy (non-hydrogen) atoms. The van der Waals surface area contributed by atoms with Crippen LogP contribution in [0.1, 0.15) is 11.1 Å². The van der Waals surface area contributed by atoms with Gasteiger partial charge < -0.3 is 10.5 Å². The lowest BCUT2D eigenvalue weighted by atomic mass is 10.1. The third-order valence-electron chi connectivity index (χ3n) is 2.98. The molecule has 2 aromatic rings. The summed E-state index contributed by atoms with van der Waals surface area (Å²) in [4.78, 5) is -0.129. The summed E-state index contributed by atoms with van der Waals surface area (Å²) in [6.07, 6.45) is 0. The molecule has 2 rings (SSSR count). The van der Waals surface area contributed by atoms with E-state index in [1.165, 1.54) is 12.1 Å². The minimum Gasteiger partial charge on any atom is -0.456 e. The van der Waals surface area contributed by atoms with Crippen molar-refractivity contribution in [2.45, 2.75) is 18.7 Å². The van der Waals surface area contributed by atoms with Gasteiger partial charge >= 0.3 is 0 Å². The van der Waals surface area contributed by atoms with Gasteiger partial charge in [0, 0.05) is 5.69 Å². The van der Waals surface area contributed by atoms with Crippen LogP contribution in [-0.4, -0.2) is 8.42 Å². The van der Waals surface area contributed by atoms with E-state index in [-0.39, 0.29) is 10.6 Å². The summed E-state index contributed by atoms with van der Waals surface area (Å²) in [5.41, 5.74) is 8.07. The number of hydrogen-bond donors (Lipinski definition) is 2. The van der Waals surface area contributed by atoms with Crippen LogP contribution in [0.3, 0.4) is 0 Å². The van der Waals surface area contributed by atoms with Gasteiger partial charge in [-0.2, -0.15) is 0 Å². The summed E-state index contributed by atoms with van der Waals surface area (Å²) in [5.74, 6) is 0.702. The predicted molar refractivity (Wildman–Crippen MR) is 78.2 cm³/mol. The Labute approximate surface area is 118 Å². The largest absolute Gasteiger partial charge is 0.456 e. The number of sulfonamides is 1. The molecule has 0 heterocycles. The molecule has 0 saturated carbocycles. The standard InChI is InChI=1S/C14H16N2O3S/c1-9-3-5-12(7-10(9)2)19-13-6-4-11(15)8-14(13)20(16,17)18/h3-8H,15H2,1-2H3,(H2,16,17,18). The fourth-order valence-corrected chi connectivity index (χ4v) is 2.43. The number of nitrogens with two attached hydrogens (primary N) is 2. The molecule has 0 spiro atoms. The lowest BCUT2D eigenvalue weighted by Gasteiger charge is -2.11. The van der Waals surface area contributed by atoms with Crippen molar-refractivity contribution in [3.8, 4) is 11.5 Å². The molecule has 0 atom stereocenters. The predicted octanol–water partition coefficient (Wildman–Crippen LogP) is 2.33. The number of aryl methyl sites for hydroxylation is 2. The Morgan fingerprint density at radius 1 is 1.00 bits per heavy atom. The second-order valence-corrected chi connectivity index (χ2v) is 6.13. The average Bonchev–Trinajstić information content (AvgIpc) is 2.35. The molecule has 0 aliphatic rings. The molecular formula is C14H16N2O3S. The van der Waals surface area contributed by atoms with Crippen molar-refractivity contribution < 1.29 is 13.2 Å². The minimum atomic E-state index is -3.90. The third-order valence-corrected chi connectivity index (χ3v) is 3.91. The maximum atomic E-state index is 11.6. The van der Waals surface area contributed by atoms with Crippen molar-refractivity contribution in [2.75, 3.05) is 5.73 Å². The Hall–Kier alpha value is -2.05. The fourth-order valence-electron chi connectivity index (χ4n) is 1.74. The van der Waals surface area contributed by atoms with Crippen LogP contribution in [0.5, 0.6) is 11.5 Å². The quantitative estimate of drug-likeness (QED) is 0.849. The number of hydrogen-bond acceptors (Lipinski definition) is 4. The minimum absolute atomic E-state index is 0.129. The fraction of sp³-hybridized carbons (Fsp3) is 0.143. The average molecular weight is 292 g/mol. The molecule has 0 aliphatic heterocycles. The molecule has 0 saturated heterocycles. The number of rotatable bonds is 3. The van der Waals surface area contributed by atoms with E-state index in [9.17, 15) is 8.42 Å². The Morgan fingerprint density at radius 2 is 1.70 bits per heavy atom. The number of anilines is 1. The van der Waals surface area contributed by atoms with E-state index in [1.54, 1.807) is 12.1 Å². The maximum Gasteiger partial charge on any atom is 0.241 e. The van der Waals surface area contributed by atoms with Crippen LogP contribution in [0.25, 0.3) is 0 Å². The molecule has 0 unspecified atom stereocenters. The molecule has 0 aromatic heterocycles. The Bertz CT molecular complexity index is 755. The molecule has 0 radical (unpaired) electrons. The van der Waals surface area contributed by atoms with Gasteiger partial charge in [-0.05, 0) is 55.3 Å². The first-order valence-corrected chi connectivity index (χ1v) is 7.49. The first kappa shape index (κ1) is 14.4. The zero-order valence-corrected chi connectivity index (χ0v) is 12.1. The third kappa shape index (κ3) is 3.09. The molecule has 2 aromatic carbocycles. The van der Waals surface area contributed by atoms with Crippen molar-refractivity contribution in [3.05, 3.63) is 47.5 Å². The van der Waals surface area contributed by atoms with E-state index in [0.29, 0.717) is 11.4 Å². The molecule has 0 fully saturated rings. The van der Waals surface area contributed by atoms with Crippen molar-refractivity contribution >= 4 is 15.7 Å². The molecule has 5 nitrogen and oxygen atoms in total. The van der Waals surface area contributed by atoms with Gasteiger partial charge in [0.2, 0.25) is 10.0 Å². The highest BCUT2D eigenvalue weighted by Crippen LogP contribution is 2.30. The SMILES string of the molecule is Cc1ccc(Oc2ccc(N)cc2S(N)(=O)=O)cc1C.